The van der Waals surface area contributed by atoms with Crippen LogP contribution in [0.1, 0.15) is 38.8 Å². The second kappa shape index (κ2) is 13.8. The number of aliphatic imine (C=N–C) groups is 2. The summed E-state index contributed by atoms with van der Waals surface area (Å²) in [6.45, 7) is 10.0. The second-order valence-electron chi connectivity index (χ2n) is 8.38. The summed E-state index contributed by atoms with van der Waals surface area (Å²) in [5, 5.41) is 0. The normalized spacial score (nSPS) is 13.7. The van der Waals surface area contributed by atoms with E-state index in [1.54, 1.807) is 31.2 Å². The van der Waals surface area contributed by atoms with Gasteiger partial charge in [0, 0.05) is 30.9 Å². The molecular formula is C27H31N3NaO6S2+. The van der Waals surface area contributed by atoms with Crippen LogP contribution >= 0.6 is 0 Å². The maximum Gasteiger partial charge on any atom is 1.00 e. The molecule has 39 heavy (non-hydrogen) atoms. The molecule has 202 valence electrons. The summed E-state index contributed by atoms with van der Waals surface area (Å²) in [5.41, 5.74) is 3.39. The minimum absolute atomic E-state index is 0. The first-order valence-electron chi connectivity index (χ1n) is 12.0. The second-order valence-corrected chi connectivity index (χ2v) is 11.2. The quantitative estimate of drug-likeness (QED) is 0.210. The molecule has 0 saturated carbocycles. The summed E-state index contributed by atoms with van der Waals surface area (Å²) in [4.78, 5) is 9.56. The van der Waals surface area contributed by atoms with Crippen molar-refractivity contribution in [2.45, 2.75) is 37.5 Å². The number of allylic oxidation sites excluding steroid dienone is 5. The Kier molecular flexibility index (Phi) is 11.6. The standard InChI is InChI=1S/C27H31N3O6S2.Na/c1-5-28-19(4)29-22-12-8-20(9-13-22)27(21-10-14-23(15-11-21)30(6-2)7-3)25-17-16-24(37(31,32)33)18-26(25)38(34,35)36;/h8-18H,5-7H2,1-4H3,(H,31,32,33)(H,34,35,36);/q;+1. The van der Waals surface area contributed by atoms with Crippen molar-refractivity contribution in [3.05, 3.63) is 83.5 Å². The first kappa shape index (κ1) is 32.8. The molecule has 0 unspecified atom stereocenters. The average Bonchev–Trinajstić information content (AvgIpc) is 2.86. The molecule has 0 fully saturated rings. The average molecular weight is 581 g/mol. The molecule has 12 heteroatoms. The molecule has 9 nitrogen and oxygen atoms in total. The summed E-state index contributed by atoms with van der Waals surface area (Å²) >= 11 is 0. The van der Waals surface area contributed by atoms with Crippen LogP contribution in [-0.2, 0) is 20.2 Å². The summed E-state index contributed by atoms with van der Waals surface area (Å²) in [6.07, 6.45) is 7.04. The van der Waals surface area contributed by atoms with Crippen LogP contribution in [0.4, 0.5) is 5.69 Å². The molecule has 3 rings (SSSR count). The molecule has 1 aliphatic rings. The van der Waals surface area contributed by atoms with Gasteiger partial charge in [-0.1, -0.05) is 30.4 Å². The van der Waals surface area contributed by atoms with Crippen LogP contribution in [0.15, 0.2) is 92.1 Å². The van der Waals surface area contributed by atoms with Crippen molar-refractivity contribution < 1.29 is 55.5 Å². The third-order valence-electron chi connectivity index (χ3n) is 5.92. The largest absolute Gasteiger partial charge is 1.00 e. The fraction of sp³-hybridized carbons (Fsp3) is 0.259. The molecular weight excluding hydrogens is 549 g/mol. The fourth-order valence-corrected chi connectivity index (χ4v) is 5.45. The summed E-state index contributed by atoms with van der Waals surface area (Å²) < 4.78 is 67.7. The number of nitrogens with zero attached hydrogens (tertiary/aromatic N) is 3. The number of hydrogen-bond acceptors (Lipinski definition) is 6. The van der Waals surface area contributed by atoms with Crippen LogP contribution in [0, 0.1) is 0 Å². The summed E-state index contributed by atoms with van der Waals surface area (Å²) in [6, 6.07) is 10.6. The van der Waals surface area contributed by atoms with Crippen LogP contribution in [0.5, 0.6) is 0 Å². The van der Waals surface area contributed by atoms with Crippen molar-refractivity contribution >= 4 is 43.0 Å². The topological polar surface area (TPSA) is 137 Å². The molecule has 0 radical (unpaired) electrons. The van der Waals surface area contributed by atoms with Gasteiger partial charge in [0.1, 0.15) is 10.7 Å². The zero-order valence-corrected chi connectivity index (χ0v) is 26.3. The van der Waals surface area contributed by atoms with Crippen LogP contribution in [0.25, 0.3) is 5.57 Å². The van der Waals surface area contributed by atoms with E-state index in [1.165, 1.54) is 6.07 Å². The van der Waals surface area contributed by atoms with Crippen molar-refractivity contribution in [3.63, 3.8) is 0 Å². The Balaban J connectivity index is 0.00000533. The van der Waals surface area contributed by atoms with Gasteiger partial charge in [-0.05, 0) is 80.8 Å². The minimum atomic E-state index is -4.88. The third-order valence-corrected chi connectivity index (χ3v) is 7.66. The molecule has 0 saturated heterocycles. The van der Waals surface area contributed by atoms with Gasteiger partial charge in [0.05, 0.1) is 10.6 Å². The van der Waals surface area contributed by atoms with E-state index in [9.17, 15) is 25.9 Å². The first-order chi connectivity index (χ1) is 17.9. The van der Waals surface area contributed by atoms with E-state index < -0.39 is 30.0 Å². The van der Waals surface area contributed by atoms with Crippen molar-refractivity contribution in [1.29, 1.82) is 0 Å². The maximum absolute atomic E-state index is 12.4. The molecule has 2 aromatic carbocycles. The Hall–Kier alpha value is -2.38. The number of rotatable bonds is 8. The number of hydrogen-bond donors (Lipinski definition) is 2. The van der Waals surface area contributed by atoms with Gasteiger partial charge in [-0.2, -0.15) is 16.8 Å². The van der Waals surface area contributed by atoms with Crippen molar-refractivity contribution in [3.8, 4) is 0 Å². The van der Waals surface area contributed by atoms with E-state index in [2.05, 4.69) is 14.9 Å². The molecule has 0 aliphatic heterocycles. The van der Waals surface area contributed by atoms with E-state index in [-0.39, 0.29) is 35.1 Å². The van der Waals surface area contributed by atoms with Crippen molar-refractivity contribution in [2.24, 2.45) is 9.98 Å². The molecule has 2 aromatic rings. The van der Waals surface area contributed by atoms with Gasteiger partial charge in [-0.15, -0.1) is 0 Å². The Morgan fingerprint density at radius 2 is 1.44 bits per heavy atom. The van der Waals surface area contributed by atoms with Gasteiger partial charge in [-0.3, -0.25) is 14.1 Å². The Morgan fingerprint density at radius 3 is 1.92 bits per heavy atom. The zero-order valence-electron chi connectivity index (χ0n) is 22.7. The SMILES string of the molecule is CCN=C(C)N=C1C=CC(=C(c2ccc(N(CC)CC)cc2)c2ccc(S(=O)(=O)O)cc2S(=O)(=O)O)C=C1.[Na+]. The zero-order chi connectivity index (χ0) is 28.1. The van der Waals surface area contributed by atoms with E-state index in [0.29, 0.717) is 34.8 Å². The third kappa shape index (κ3) is 8.31. The Morgan fingerprint density at radius 1 is 0.846 bits per heavy atom. The van der Waals surface area contributed by atoms with Crippen molar-refractivity contribution in [1.82, 2.24) is 0 Å². The Bertz CT molecular complexity index is 1550. The van der Waals surface area contributed by atoms with Crippen molar-refractivity contribution in [2.75, 3.05) is 24.5 Å². The number of benzene rings is 2. The van der Waals surface area contributed by atoms with Gasteiger partial charge in [0.15, 0.2) is 0 Å². The van der Waals surface area contributed by atoms with E-state index >= 15 is 0 Å². The minimum Gasteiger partial charge on any atom is -0.372 e. The van der Waals surface area contributed by atoms with E-state index in [4.69, 9.17) is 0 Å². The molecule has 0 spiro atoms. The summed E-state index contributed by atoms with van der Waals surface area (Å²) in [5.74, 6) is 0.617. The molecule has 0 bridgehead atoms. The van der Waals surface area contributed by atoms with Gasteiger partial charge in [-0.25, -0.2) is 4.99 Å². The molecule has 0 heterocycles. The Labute approximate surface area is 252 Å². The van der Waals surface area contributed by atoms with Gasteiger partial charge in [0.2, 0.25) is 0 Å². The van der Waals surface area contributed by atoms with E-state index in [1.807, 2.05) is 45.0 Å². The van der Waals surface area contributed by atoms with Gasteiger partial charge >= 0.3 is 29.6 Å². The van der Waals surface area contributed by atoms with Gasteiger partial charge < -0.3 is 4.90 Å². The van der Waals surface area contributed by atoms with Crippen LogP contribution < -0.4 is 34.5 Å². The molecule has 1 aliphatic carbocycles. The number of amidine groups is 1. The maximum atomic E-state index is 12.4. The predicted octanol–water partition coefficient (Wildman–Crippen LogP) is 1.84. The fourth-order valence-electron chi connectivity index (χ4n) is 4.14. The summed E-state index contributed by atoms with van der Waals surface area (Å²) in [7, 11) is -9.59. The smallest absolute Gasteiger partial charge is 0.372 e. The van der Waals surface area contributed by atoms with Crippen LogP contribution in [-0.4, -0.2) is 57.1 Å². The van der Waals surface area contributed by atoms with Gasteiger partial charge in [0.25, 0.3) is 20.2 Å². The monoisotopic (exact) mass is 580 g/mol. The van der Waals surface area contributed by atoms with E-state index in [0.717, 1.165) is 30.9 Å². The molecule has 0 atom stereocenters. The molecule has 0 amide bonds. The first-order valence-corrected chi connectivity index (χ1v) is 14.9. The van der Waals surface area contributed by atoms with Crippen LogP contribution in [0.3, 0.4) is 0 Å². The van der Waals surface area contributed by atoms with Crippen LogP contribution in [0.2, 0.25) is 0 Å². The molecule has 0 aromatic heterocycles. The number of anilines is 1. The predicted molar refractivity (Wildman–Crippen MR) is 151 cm³/mol. The molecule has 2 N–H and O–H groups in total.